The predicted octanol–water partition coefficient (Wildman–Crippen LogP) is 3.42. The molecule has 6 aliphatic heterocycles. The van der Waals surface area contributed by atoms with Crippen LogP contribution in [-0.4, -0.2) is 121 Å². The van der Waals surface area contributed by atoms with E-state index in [1.54, 1.807) is 12.2 Å². The van der Waals surface area contributed by atoms with Crippen LogP contribution in [0.15, 0.2) is 21.9 Å². The first-order valence-corrected chi connectivity index (χ1v) is 21.4. The third kappa shape index (κ3) is 8.82. The van der Waals surface area contributed by atoms with Crippen LogP contribution < -0.4 is 40.9 Å². The van der Waals surface area contributed by atoms with E-state index >= 15 is 0 Å². The first-order valence-electron chi connectivity index (χ1n) is 19.8. The molecule has 6 fully saturated rings. The quantitative estimate of drug-likeness (QED) is 0.271. The molecule has 0 aromatic carbocycles. The maximum Gasteiger partial charge on any atom is 0.290 e. The van der Waals surface area contributed by atoms with Crippen molar-refractivity contribution >= 4 is 81.5 Å². The predicted molar refractivity (Wildman–Crippen MR) is 221 cm³/mol. The highest BCUT2D eigenvalue weighted by Gasteiger charge is 2.33. The summed E-state index contributed by atoms with van der Waals surface area (Å²) in [6.45, 7) is 7.22. The molecule has 6 aliphatic rings. The van der Waals surface area contributed by atoms with E-state index in [0.717, 1.165) is 139 Å². The van der Waals surface area contributed by atoms with Crippen molar-refractivity contribution in [1.82, 2.24) is 41.2 Å². The Morgan fingerprint density at radius 1 is 0.661 bits per heavy atom. The number of piperidine rings is 4. The van der Waals surface area contributed by atoms with Gasteiger partial charge < -0.3 is 30.2 Å². The first kappa shape index (κ1) is 38.6. The van der Waals surface area contributed by atoms with Crippen LogP contribution in [0.4, 0.5) is 33.1 Å². The molecule has 0 bridgehead atoms. The van der Waals surface area contributed by atoms with Crippen molar-refractivity contribution in [2.75, 3.05) is 86.1 Å². The van der Waals surface area contributed by atoms with Gasteiger partial charge in [0.15, 0.2) is 0 Å². The van der Waals surface area contributed by atoms with Crippen molar-refractivity contribution in [1.29, 1.82) is 0 Å². The fourth-order valence-electron chi connectivity index (χ4n) is 8.63. The number of hydrogen-bond acceptors (Lipinski definition) is 16. The molecule has 6 saturated heterocycles. The Kier molecular flexibility index (Phi) is 11.8. The van der Waals surface area contributed by atoms with Crippen molar-refractivity contribution < 1.29 is 19.2 Å². The van der Waals surface area contributed by atoms with Crippen LogP contribution >= 0.6 is 23.5 Å². The summed E-state index contributed by atoms with van der Waals surface area (Å²) in [5.74, 6) is 3.32. The molecule has 56 heavy (non-hydrogen) atoms. The Balaban J connectivity index is 0.941. The van der Waals surface area contributed by atoms with E-state index in [-0.39, 0.29) is 16.5 Å². The smallest absolute Gasteiger partial charge is 0.290 e. The van der Waals surface area contributed by atoms with Crippen LogP contribution in [0.3, 0.4) is 0 Å². The number of imide groups is 2. The zero-order valence-corrected chi connectivity index (χ0v) is 33.6. The normalized spacial score (nSPS) is 25.6. The second-order valence-electron chi connectivity index (χ2n) is 15.5. The van der Waals surface area contributed by atoms with Gasteiger partial charge in [-0.05, 0) is 112 Å². The van der Waals surface area contributed by atoms with Crippen LogP contribution in [0.5, 0.6) is 0 Å². The molecule has 298 valence electrons. The minimum absolute atomic E-state index is 0.270. The Labute approximate surface area is 335 Å². The highest BCUT2D eigenvalue weighted by molar-refractivity contribution is 8.18. The molecule has 16 nitrogen and oxygen atoms in total. The fraction of sp³-hybridized carbons (Fsp3) is 0.579. The van der Waals surface area contributed by atoms with Gasteiger partial charge in [-0.25, -0.2) is 9.97 Å². The summed E-state index contributed by atoms with van der Waals surface area (Å²) in [6.07, 6.45) is 11.9. The number of likely N-dealkylation sites (N-methyl/N-ethyl adjacent to an activating group) is 2. The van der Waals surface area contributed by atoms with Crippen LogP contribution in [0.25, 0.3) is 12.2 Å². The van der Waals surface area contributed by atoms with Gasteiger partial charge in [0.1, 0.15) is 11.6 Å². The molecule has 0 aliphatic carbocycles. The number of amides is 4. The van der Waals surface area contributed by atoms with Gasteiger partial charge in [0.2, 0.25) is 11.9 Å². The summed E-state index contributed by atoms with van der Waals surface area (Å²) >= 11 is 1.80. The standard InChI is InChI=1S/C38H50N12O4S2/c1-47(27-5-3-11-39-21-27)31-19-25(17-29-33(51)45-37(53)55-29)42-36(43-31)50-15-9-24(10-16-50)23-7-13-49(14-8-23)32-20-26(18-30-34(52)46-38(54)56-30)41-35(44-32)48(2)28-6-4-12-40-22-28/h17-20,23-24,27-28,39-40H,3-16,21-22H2,1-2H3,(H,45,51,53)(H,46,52,54). The molecular weight excluding hydrogens is 753 g/mol. The summed E-state index contributed by atoms with van der Waals surface area (Å²) < 4.78 is 0. The van der Waals surface area contributed by atoms with Crippen molar-refractivity contribution in [3.05, 3.63) is 33.3 Å². The maximum absolute atomic E-state index is 12.4. The van der Waals surface area contributed by atoms with Crippen molar-refractivity contribution in [2.24, 2.45) is 11.8 Å². The summed E-state index contributed by atoms with van der Waals surface area (Å²) in [5, 5.41) is 10.9. The third-order valence-electron chi connectivity index (χ3n) is 12.0. The average molecular weight is 803 g/mol. The second kappa shape index (κ2) is 17.1. The molecule has 8 heterocycles. The second-order valence-corrected chi connectivity index (χ2v) is 17.5. The monoisotopic (exact) mass is 802 g/mol. The highest BCUT2D eigenvalue weighted by Crippen LogP contribution is 2.36. The highest BCUT2D eigenvalue weighted by atomic mass is 32.2. The molecule has 4 N–H and O–H groups in total. The molecule has 0 spiro atoms. The molecule has 2 aromatic rings. The number of carbonyl (C=O) groups is 4. The Morgan fingerprint density at radius 3 is 1.71 bits per heavy atom. The largest absolute Gasteiger partial charge is 0.356 e. The average Bonchev–Trinajstić information content (AvgIpc) is 3.73. The van der Waals surface area contributed by atoms with Gasteiger partial charge in [-0.1, -0.05) is 0 Å². The number of thioether (sulfide) groups is 2. The van der Waals surface area contributed by atoms with Gasteiger partial charge in [0.25, 0.3) is 22.3 Å². The zero-order valence-electron chi connectivity index (χ0n) is 32.0. The lowest BCUT2D eigenvalue weighted by molar-refractivity contribution is -0.116. The maximum atomic E-state index is 12.4. The summed E-state index contributed by atoms with van der Waals surface area (Å²) in [5.41, 5.74) is 1.24. The fourth-order valence-corrected chi connectivity index (χ4v) is 9.96. The Morgan fingerprint density at radius 2 is 1.20 bits per heavy atom. The molecule has 2 atom stereocenters. The van der Waals surface area contributed by atoms with Gasteiger partial charge in [-0.2, -0.15) is 9.97 Å². The van der Waals surface area contributed by atoms with Gasteiger partial charge in [-0.15, -0.1) is 0 Å². The van der Waals surface area contributed by atoms with Crippen LogP contribution in [0, 0.1) is 11.8 Å². The van der Waals surface area contributed by atoms with E-state index in [9.17, 15) is 19.2 Å². The molecule has 2 aromatic heterocycles. The zero-order chi connectivity index (χ0) is 38.8. The molecule has 0 saturated carbocycles. The summed E-state index contributed by atoms with van der Waals surface area (Å²) in [4.78, 5) is 78.1. The van der Waals surface area contributed by atoms with Crippen molar-refractivity contribution in [2.45, 2.75) is 63.5 Å². The topological polar surface area (TPSA) is 181 Å². The van der Waals surface area contributed by atoms with Crippen LogP contribution in [0.1, 0.15) is 62.8 Å². The van der Waals surface area contributed by atoms with E-state index in [0.29, 0.717) is 51.0 Å². The van der Waals surface area contributed by atoms with Crippen LogP contribution in [0.2, 0.25) is 0 Å². The third-order valence-corrected chi connectivity index (χ3v) is 13.6. The summed E-state index contributed by atoms with van der Waals surface area (Å²) in [7, 11) is 4.11. The van der Waals surface area contributed by atoms with E-state index in [2.05, 4.69) is 47.9 Å². The van der Waals surface area contributed by atoms with E-state index < -0.39 is 11.8 Å². The minimum Gasteiger partial charge on any atom is -0.356 e. The van der Waals surface area contributed by atoms with E-state index in [1.807, 2.05) is 19.2 Å². The molecule has 2 unspecified atom stereocenters. The lowest BCUT2D eigenvalue weighted by Crippen LogP contribution is -2.45. The molecule has 8 rings (SSSR count). The molecule has 4 amide bonds. The van der Waals surface area contributed by atoms with E-state index in [1.165, 1.54) is 0 Å². The minimum atomic E-state index is -0.394. The van der Waals surface area contributed by atoms with Crippen LogP contribution in [-0.2, 0) is 9.59 Å². The summed E-state index contributed by atoms with van der Waals surface area (Å²) in [6, 6.07) is 4.43. The molecule has 0 radical (unpaired) electrons. The number of aromatic nitrogens is 4. The number of nitrogens with one attached hydrogen (secondary N) is 4. The number of carbonyl (C=O) groups excluding carboxylic acids is 4. The van der Waals surface area contributed by atoms with E-state index in [4.69, 9.17) is 19.9 Å². The van der Waals surface area contributed by atoms with Crippen molar-refractivity contribution in [3.8, 4) is 0 Å². The van der Waals surface area contributed by atoms with Gasteiger partial charge in [0, 0.05) is 77.6 Å². The lowest BCUT2D eigenvalue weighted by atomic mass is 9.79. The van der Waals surface area contributed by atoms with Gasteiger partial charge in [-0.3, -0.25) is 29.8 Å². The molecule has 18 heteroatoms. The number of hydrogen-bond donors (Lipinski definition) is 4. The number of nitrogens with zero attached hydrogens (tertiary/aromatic N) is 8. The Hall–Kier alpha value is -4.26. The van der Waals surface area contributed by atoms with Crippen molar-refractivity contribution in [3.63, 3.8) is 0 Å². The first-order chi connectivity index (χ1) is 27.2. The lowest BCUT2D eigenvalue weighted by Gasteiger charge is -2.41. The SMILES string of the molecule is CN(c1cc(C=C2SC(=O)NC2=O)nc(N2CCC(C3CCN(c4cc(C=C5SC(=O)NC5=O)nc(N(C)C5CCCNC5)n4)CC3)CC2)n1)C1CCCNC1. The van der Waals surface area contributed by atoms with Gasteiger partial charge >= 0.3 is 0 Å². The Bertz CT molecular complexity index is 1760. The number of anilines is 4. The molecular formula is C38H50N12O4S2. The van der Waals surface area contributed by atoms with Gasteiger partial charge in [0.05, 0.1) is 21.2 Å². The number of rotatable bonds is 9.